The number of nitrogens with one attached hydrogen (secondary N) is 1. The highest BCUT2D eigenvalue weighted by molar-refractivity contribution is 8.00. The fourth-order valence-corrected chi connectivity index (χ4v) is 3.65. The van der Waals surface area contributed by atoms with E-state index in [4.69, 9.17) is 11.5 Å². The molecule has 10 heteroatoms. The van der Waals surface area contributed by atoms with Gasteiger partial charge < -0.3 is 16.8 Å². The van der Waals surface area contributed by atoms with Crippen LogP contribution in [0, 0.1) is 13.8 Å². The van der Waals surface area contributed by atoms with Crippen LogP contribution in [0.5, 0.6) is 0 Å². The Morgan fingerprint density at radius 3 is 2.54 bits per heavy atom. The maximum absolute atomic E-state index is 5.56. The van der Waals surface area contributed by atoms with Crippen molar-refractivity contribution in [1.29, 1.82) is 0 Å². The van der Waals surface area contributed by atoms with Gasteiger partial charge in [-0.2, -0.15) is 15.0 Å². The number of nitrogen functional groups attached to an aromatic ring is 2. The molecule has 8 nitrogen and oxygen atoms in total. The second kappa shape index (κ2) is 6.97. The van der Waals surface area contributed by atoms with Crippen LogP contribution < -0.4 is 16.8 Å². The Morgan fingerprint density at radius 2 is 1.83 bits per heavy atom. The van der Waals surface area contributed by atoms with Crippen LogP contribution >= 0.6 is 23.1 Å². The number of benzene rings is 1. The molecule has 0 unspecified atom stereocenters. The van der Waals surface area contributed by atoms with Gasteiger partial charge in [0, 0.05) is 5.69 Å². The molecule has 2 heterocycles. The number of aromatic nitrogens is 5. The van der Waals surface area contributed by atoms with Crippen molar-refractivity contribution in [2.75, 3.05) is 16.8 Å². The van der Waals surface area contributed by atoms with Crippen molar-refractivity contribution in [2.24, 2.45) is 0 Å². The third-order valence-corrected chi connectivity index (χ3v) is 5.04. The van der Waals surface area contributed by atoms with Crippen LogP contribution in [0.4, 0.5) is 22.7 Å². The van der Waals surface area contributed by atoms with Crippen molar-refractivity contribution < 1.29 is 0 Å². The topological polar surface area (TPSA) is 129 Å². The molecule has 124 valence electrons. The lowest BCUT2D eigenvalue weighted by molar-refractivity contribution is 0.980. The number of thioether (sulfide) groups is 1. The summed E-state index contributed by atoms with van der Waals surface area (Å²) in [5.74, 6) is 1.25. The Morgan fingerprint density at radius 1 is 1.08 bits per heavy atom. The molecule has 24 heavy (non-hydrogen) atoms. The SMILES string of the molecule is Cc1ccc(Nc2nnc(SCc3nc(N)nc(N)n3)s2)c(C)c1. The molecule has 0 saturated carbocycles. The molecule has 0 amide bonds. The van der Waals surface area contributed by atoms with E-state index in [9.17, 15) is 0 Å². The number of aryl methyl sites for hydroxylation is 2. The summed E-state index contributed by atoms with van der Waals surface area (Å²) >= 11 is 2.93. The second-order valence-electron chi connectivity index (χ2n) is 5.07. The summed E-state index contributed by atoms with van der Waals surface area (Å²) in [7, 11) is 0. The lowest BCUT2D eigenvalue weighted by Gasteiger charge is -2.06. The summed E-state index contributed by atoms with van der Waals surface area (Å²) < 4.78 is 0.805. The van der Waals surface area contributed by atoms with Crippen molar-refractivity contribution in [1.82, 2.24) is 25.1 Å². The van der Waals surface area contributed by atoms with Gasteiger partial charge in [-0.05, 0) is 25.5 Å². The van der Waals surface area contributed by atoms with E-state index in [-0.39, 0.29) is 11.9 Å². The normalized spacial score (nSPS) is 10.8. The Bertz CT molecular complexity index is 843. The molecule has 0 atom stereocenters. The molecule has 3 aromatic rings. The first-order chi connectivity index (χ1) is 11.5. The minimum absolute atomic E-state index is 0.118. The lowest BCUT2D eigenvalue weighted by atomic mass is 10.1. The predicted molar refractivity (Wildman–Crippen MR) is 97.3 cm³/mol. The summed E-state index contributed by atoms with van der Waals surface area (Å²) in [5, 5.41) is 12.3. The molecule has 0 radical (unpaired) electrons. The van der Waals surface area contributed by atoms with Gasteiger partial charge in [-0.15, -0.1) is 10.2 Å². The van der Waals surface area contributed by atoms with Crippen molar-refractivity contribution >= 4 is 45.8 Å². The van der Waals surface area contributed by atoms with Crippen molar-refractivity contribution in [3.05, 3.63) is 35.2 Å². The van der Waals surface area contributed by atoms with Crippen molar-refractivity contribution in [2.45, 2.75) is 23.9 Å². The van der Waals surface area contributed by atoms with Crippen molar-refractivity contribution in [3.63, 3.8) is 0 Å². The quantitative estimate of drug-likeness (QED) is 0.588. The van der Waals surface area contributed by atoms with Gasteiger partial charge >= 0.3 is 0 Å². The van der Waals surface area contributed by atoms with Gasteiger partial charge in [-0.3, -0.25) is 0 Å². The smallest absolute Gasteiger partial charge is 0.225 e. The number of rotatable bonds is 5. The molecule has 0 bridgehead atoms. The molecule has 3 rings (SSSR count). The Balaban J connectivity index is 1.65. The van der Waals surface area contributed by atoms with Crippen LogP contribution in [0.3, 0.4) is 0 Å². The molecular formula is C14H16N8S2. The predicted octanol–water partition coefficient (Wildman–Crippen LogP) is 2.54. The Labute approximate surface area is 147 Å². The van der Waals surface area contributed by atoms with Gasteiger partial charge in [-0.25, -0.2) is 0 Å². The average Bonchev–Trinajstić information content (AvgIpc) is 2.95. The van der Waals surface area contributed by atoms with Crippen molar-refractivity contribution in [3.8, 4) is 0 Å². The van der Waals surface area contributed by atoms with Crippen LogP contribution in [-0.4, -0.2) is 25.1 Å². The first-order valence-corrected chi connectivity index (χ1v) is 8.86. The number of nitrogens with two attached hydrogens (primary N) is 2. The highest BCUT2D eigenvalue weighted by Crippen LogP contribution is 2.30. The van der Waals surface area contributed by atoms with Crippen LogP contribution in [-0.2, 0) is 5.75 Å². The van der Waals surface area contributed by atoms with Crippen LogP contribution in [0.15, 0.2) is 22.5 Å². The lowest BCUT2D eigenvalue weighted by Crippen LogP contribution is -2.05. The Hall–Kier alpha value is -2.46. The van der Waals surface area contributed by atoms with E-state index in [2.05, 4.69) is 56.4 Å². The monoisotopic (exact) mass is 360 g/mol. The number of nitrogens with zero attached hydrogens (tertiary/aromatic N) is 5. The maximum Gasteiger partial charge on any atom is 0.225 e. The molecule has 0 aliphatic rings. The summed E-state index contributed by atoms with van der Waals surface area (Å²) in [6.07, 6.45) is 0. The zero-order valence-corrected chi connectivity index (χ0v) is 14.8. The van der Waals surface area contributed by atoms with Gasteiger partial charge in [-0.1, -0.05) is 40.8 Å². The maximum atomic E-state index is 5.56. The minimum Gasteiger partial charge on any atom is -0.368 e. The van der Waals surface area contributed by atoms with Gasteiger partial charge in [0.15, 0.2) is 4.34 Å². The van der Waals surface area contributed by atoms with E-state index in [1.807, 2.05) is 6.07 Å². The second-order valence-corrected chi connectivity index (χ2v) is 7.27. The standard InChI is InChI=1S/C14H16N8S2/c1-7-3-4-9(8(2)5-7)17-13-21-22-14(24-13)23-6-10-18-11(15)20-12(16)19-10/h3-5H,6H2,1-2H3,(H,17,21)(H4,15,16,18,19,20). The molecule has 0 aliphatic carbocycles. The van der Waals surface area contributed by atoms with Crippen LogP contribution in [0.2, 0.25) is 0 Å². The van der Waals surface area contributed by atoms with E-state index in [1.54, 1.807) is 0 Å². The van der Waals surface area contributed by atoms with Gasteiger partial charge in [0.05, 0.1) is 5.75 Å². The third kappa shape index (κ3) is 4.09. The highest BCUT2D eigenvalue weighted by atomic mass is 32.2. The third-order valence-electron chi connectivity index (χ3n) is 3.07. The summed E-state index contributed by atoms with van der Waals surface area (Å²) in [5.41, 5.74) is 14.5. The molecule has 5 N–H and O–H groups in total. The number of anilines is 4. The fraction of sp³-hybridized carbons (Fsp3) is 0.214. The van der Waals surface area contributed by atoms with Gasteiger partial charge in [0.2, 0.25) is 17.0 Å². The average molecular weight is 360 g/mol. The summed E-state index contributed by atoms with van der Waals surface area (Å²) in [6, 6.07) is 6.21. The number of hydrogen-bond acceptors (Lipinski definition) is 10. The molecular weight excluding hydrogens is 344 g/mol. The first-order valence-electron chi connectivity index (χ1n) is 7.06. The highest BCUT2D eigenvalue weighted by Gasteiger charge is 2.09. The first kappa shape index (κ1) is 16.4. The van der Waals surface area contributed by atoms with Crippen LogP contribution in [0.25, 0.3) is 0 Å². The molecule has 0 aliphatic heterocycles. The fourth-order valence-electron chi connectivity index (χ4n) is 2.04. The van der Waals surface area contributed by atoms with Crippen LogP contribution in [0.1, 0.15) is 17.0 Å². The van der Waals surface area contributed by atoms with E-state index in [1.165, 1.54) is 28.7 Å². The van der Waals surface area contributed by atoms with E-state index < -0.39 is 0 Å². The van der Waals surface area contributed by atoms with Gasteiger partial charge in [0.1, 0.15) is 5.82 Å². The minimum atomic E-state index is 0.118. The van der Waals surface area contributed by atoms with E-state index >= 15 is 0 Å². The molecule has 0 spiro atoms. The molecule has 0 fully saturated rings. The van der Waals surface area contributed by atoms with E-state index in [0.717, 1.165) is 20.7 Å². The zero-order chi connectivity index (χ0) is 17.1. The summed E-state index contributed by atoms with van der Waals surface area (Å²) in [4.78, 5) is 11.8. The van der Waals surface area contributed by atoms with Gasteiger partial charge in [0.25, 0.3) is 0 Å². The molecule has 0 saturated heterocycles. The number of hydrogen-bond donors (Lipinski definition) is 3. The Kier molecular flexibility index (Phi) is 4.76. The molecule has 1 aromatic carbocycles. The van der Waals surface area contributed by atoms with E-state index in [0.29, 0.717) is 11.6 Å². The summed E-state index contributed by atoms with van der Waals surface area (Å²) in [6.45, 7) is 4.12. The largest absolute Gasteiger partial charge is 0.368 e. The molecule has 2 aromatic heterocycles. The zero-order valence-electron chi connectivity index (χ0n) is 13.1.